The van der Waals surface area contributed by atoms with E-state index >= 15 is 0 Å². The van der Waals surface area contributed by atoms with Gasteiger partial charge < -0.3 is 5.11 Å². The Kier molecular flexibility index (Phi) is 4.93. The Morgan fingerprint density at radius 2 is 1.52 bits per heavy atom. The molecule has 1 N–H and O–H groups in total. The van der Waals surface area contributed by atoms with Gasteiger partial charge >= 0.3 is 18.3 Å². The molecule has 126 valence electrons. The van der Waals surface area contributed by atoms with E-state index in [-0.39, 0.29) is 6.07 Å². The van der Waals surface area contributed by atoms with Gasteiger partial charge in [-0.2, -0.15) is 26.3 Å². The van der Waals surface area contributed by atoms with Gasteiger partial charge in [-0.15, -0.1) is 6.58 Å². The highest BCUT2D eigenvalue weighted by atomic mass is 19.4. The summed E-state index contributed by atoms with van der Waals surface area (Å²) in [5, 5.41) is 8.93. The molecule has 9 heteroatoms. The average molecular weight is 339 g/mol. The van der Waals surface area contributed by atoms with Crippen LogP contribution in [-0.4, -0.2) is 22.8 Å². The number of aliphatic carboxylic acids is 1. The zero-order valence-electron chi connectivity index (χ0n) is 11.7. The molecule has 1 rings (SSSR count). The second kappa shape index (κ2) is 6.05. The average Bonchev–Trinajstić information content (AvgIpc) is 2.42. The van der Waals surface area contributed by atoms with E-state index < -0.39 is 40.6 Å². The van der Waals surface area contributed by atoms with E-state index in [4.69, 9.17) is 5.11 Å². The number of carboxylic acid groups (broad SMARTS) is 1. The molecule has 0 saturated carbocycles. The summed E-state index contributed by atoms with van der Waals surface area (Å²) >= 11 is 0. The summed E-state index contributed by atoms with van der Waals surface area (Å²) in [5.74, 6) is -1.45. The third kappa shape index (κ3) is 4.57. The molecule has 0 aliphatic rings. The lowest BCUT2D eigenvalue weighted by molar-refractivity contribution is -0.143. The minimum absolute atomic E-state index is 0.0266. The lowest BCUT2D eigenvalue weighted by Crippen LogP contribution is -2.30. The lowest BCUT2D eigenvalue weighted by Gasteiger charge is -2.15. The van der Waals surface area contributed by atoms with E-state index in [0.29, 0.717) is 18.3 Å². The molecular weight excluding hydrogens is 328 g/mol. The Morgan fingerprint density at radius 3 is 1.83 bits per heavy atom. The van der Waals surface area contributed by atoms with E-state index in [1.165, 1.54) is 0 Å². The van der Waals surface area contributed by atoms with Crippen LogP contribution < -0.4 is 0 Å². The molecule has 0 aromatic heterocycles. The number of aliphatic imine (C=N–C) groups is 1. The number of benzene rings is 1. The van der Waals surface area contributed by atoms with Crippen molar-refractivity contribution >= 4 is 12.2 Å². The van der Waals surface area contributed by atoms with Crippen LogP contribution in [0.4, 0.5) is 26.3 Å². The standard InChI is InChI=1S/C14H11F6NO2/c1-3-12(2,11(22)23)21-7-8-4-9(13(15,16)17)6-10(5-8)14(18,19)20/h3-7H,1H2,2H3,(H,22,23)/t12-/m0/s1. The van der Waals surface area contributed by atoms with Gasteiger partial charge in [-0.1, -0.05) is 6.08 Å². The van der Waals surface area contributed by atoms with Gasteiger partial charge in [0.25, 0.3) is 0 Å². The van der Waals surface area contributed by atoms with Gasteiger partial charge in [-0.05, 0) is 30.7 Å². The molecule has 0 fully saturated rings. The van der Waals surface area contributed by atoms with Crippen LogP contribution in [0.3, 0.4) is 0 Å². The molecule has 3 nitrogen and oxygen atoms in total. The molecule has 1 aromatic carbocycles. The fourth-order valence-corrected chi connectivity index (χ4v) is 1.46. The number of halogens is 6. The van der Waals surface area contributed by atoms with Crippen molar-refractivity contribution < 1.29 is 36.2 Å². The van der Waals surface area contributed by atoms with Crippen molar-refractivity contribution in [2.24, 2.45) is 4.99 Å². The topological polar surface area (TPSA) is 49.7 Å². The quantitative estimate of drug-likeness (QED) is 0.508. The number of carbonyl (C=O) groups is 1. The Hall–Kier alpha value is -2.32. The van der Waals surface area contributed by atoms with E-state index in [0.717, 1.165) is 13.0 Å². The molecule has 0 bridgehead atoms. The number of nitrogens with zero attached hydrogens (tertiary/aromatic N) is 1. The highest BCUT2D eigenvalue weighted by Gasteiger charge is 2.37. The maximum atomic E-state index is 12.7. The number of hydrogen-bond acceptors (Lipinski definition) is 2. The van der Waals surface area contributed by atoms with Gasteiger partial charge in [-0.25, -0.2) is 4.79 Å². The molecule has 0 heterocycles. The zero-order chi connectivity index (χ0) is 18.1. The predicted octanol–water partition coefficient (Wildman–Crippen LogP) is 4.17. The normalized spacial score (nSPS) is 15.4. The number of hydrogen-bond donors (Lipinski definition) is 1. The SMILES string of the molecule is C=C[C@](C)(N=Cc1cc(C(F)(F)F)cc(C(F)(F)F)c1)C(=O)O. The first kappa shape index (κ1) is 18.7. The molecule has 0 radical (unpaired) electrons. The molecule has 0 aliphatic heterocycles. The van der Waals surface area contributed by atoms with Crippen molar-refractivity contribution in [3.05, 3.63) is 47.5 Å². The van der Waals surface area contributed by atoms with Gasteiger partial charge in [0.2, 0.25) is 0 Å². The summed E-state index contributed by atoms with van der Waals surface area (Å²) in [7, 11) is 0. The molecule has 0 saturated heterocycles. The molecule has 0 amide bonds. The number of alkyl halides is 6. The minimum Gasteiger partial charge on any atom is -0.479 e. The zero-order valence-corrected chi connectivity index (χ0v) is 11.7. The maximum Gasteiger partial charge on any atom is 0.416 e. The second-order valence-electron chi connectivity index (χ2n) is 4.75. The van der Waals surface area contributed by atoms with Gasteiger partial charge in [0, 0.05) is 6.21 Å². The largest absolute Gasteiger partial charge is 0.479 e. The van der Waals surface area contributed by atoms with Crippen LogP contribution in [0.15, 0.2) is 35.8 Å². The molecule has 0 aliphatic carbocycles. The van der Waals surface area contributed by atoms with Crippen molar-refractivity contribution in [2.75, 3.05) is 0 Å². The van der Waals surface area contributed by atoms with Crippen LogP contribution in [0.5, 0.6) is 0 Å². The summed E-state index contributed by atoms with van der Waals surface area (Å²) in [5.41, 5.74) is -5.41. The monoisotopic (exact) mass is 339 g/mol. The van der Waals surface area contributed by atoms with Crippen LogP contribution in [0, 0.1) is 0 Å². The first-order valence-electron chi connectivity index (χ1n) is 6.01. The first-order chi connectivity index (χ1) is 10.3. The number of carboxylic acids is 1. The summed E-state index contributed by atoms with van der Waals surface area (Å²) in [6.07, 6.45) is -8.43. The highest BCUT2D eigenvalue weighted by Crippen LogP contribution is 2.36. The van der Waals surface area contributed by atoms with E-state index in [1.807, 2.05) is 0 Å². The summed E-state index contributed by atoms with van der Waals surface area (Å²) in [6.45, 7) is 4.32. The Labute approximate surface area is 127 Å². The summed E-state index contributed by atoms with van der Waals surface area (Å²) < 4.78 is 76.1. The second-order valence-corrected chi connectivity index (χ2v) is 4.75. The van der Waals surface area contributed by atoms with E-state index in [9.17, 15) is 31.1 Å². The molecule has 1 aromatic rings. The van der Waals surface area contributed by atoms with Crippen LogP contribution in [-0.2, 0) is 17.1 Å². The smallest absolute Gasteiger partial charge is 0.416 e. The third-order valence-corrected chi connectivity index (χ3v) is 2.92. The van der Waals surface area contributed by atoms with Crippen LogP contribution >= 0.6 is 0 Å². The molecule has 0 unspecified atom stereocenters. The van der Waals surface area contributed by atoms with Crippen molar-refractivity contribution in [3.63, 3.8) is 0 Å². The van der Waals surface area contributed by atoms with Crippen molar-refractivity contribution in [2.45, 2.75) is 24.8 Å². The fraction of sp³-hybridized carbons (Fsp3) is 0.286. The Bertz CT molecular complexity index is 615. The van der Waals surface area contributed by atoms with Crippen molar-refractivity contribution in [3.8, 4) is 0 Å². The lowest BCUT2D eigenvalue weighted by atomic mass is 10.0. The fourth-order valence-electron chi connectivity index (χ4n) is 1.46. The van der Waals surface area contributed by atoms with E-state index in [1.54, 1.807) is 0 Å². The number of rotatable bonds is 4. The van der Waals surface area contributed by atoms with E-state index in [2.05, 4.69) is 11.6 Å². The van der Waals surface area contributed by atoms with Gasteiger partial charge in [0.15, 0.2) is 5.54 Å². The molecule has 0 spiro atoms. The van der Waals surface area contributed by atoms with Crippen LogP contribution in [0.2, 0.25) is 0 Å². The van der Waals surface area contributed by atoms with Crippen molar-refractivity contribution in [1.82, 2.24) is 0 Å². The summed E-state index contributed by atoms with van der Waals surface area (Å²) in [4.78, 5) is 14.5. The molecule has 1 atom stereocenters. The minimum atomic E-state index is -4.99. The predicted molar refractivity (Wildman–Crippen MR) is 70.3 cm³/mol. The van der Waals surface area contributed by atoms with Gasteiger partial charge in [0.1, 0.15) is 0 Å². The molecular formula is C14H11F6NO2. The summed E-state index contributed by atoms with van der Waals surface area (Å²) in [6, 6.07) is 0.870. The Balaban J connectivity index is 3.42. The van der Waals surface area contributed by atoms with Gasteiger partial charge in [0.05, 0.1) is 11.1 Å². The van der Waals surface area contributed by atoms with Crippen molar-refractivity contribution in [1.29, 1.82) is 0 Å². The van der Waals surface area contributed by atoms with Gasteiger partial charge in [-0.3, -0.25) is 4.99 Å². The maximum absolute atomic E-state index is 12.7. The highest BCUT2D eigenvalue weighted by molar-refractivity contribution is 5.87. The van der Waals surface area contributed by atoms with Crippen LogP contribution in [0.1, 0.15) is 23.6 Å². The molecule has 23 heavy (non-hydrogen) atoms. The third-order valence-electron chi connectivity index (χ3n) is 2.92. The Morgan fingerprint density at radius 1 is 1.09 bits per heavy atom. The van der Waals surface area contributed by atoms with Crippen LogP contribution in [0.25, 0.3) is 0 Å². The first-order valence-corrected chi connectivity index (χ1v) is 6.01.